The molecule has 24 heavy (non-hydrogen) atoms. The summed E-state index contributed by atoms with van der Waals surface area (Å²) >= 11 is 7.40. The second-order valence-corrected chi connectivity index (χ2v) is 5.94. The molecule has 0 unspecified atom stereocenters. The lowest BCUT2D eigenvalue weighted by atomic mass is 10.2. The van der Waals surface area contributed by atoms with Gasteiger partial charge in [-0.3, -0.25) is 10.1 Å². The summed E-state index contributed by atoms with van der Waals surface area (Å²) in [6, 6.07) is 12.5. The van der Waals surface area contributed by atoms with E-state index in [2.05, 4.69) is 10.3 Å². The fraction of sp³-hybridized carbons (Fsp3) is 0. The average Bonchev–Trinajstić information content (AvgIpc) is 3.24. The number of halogens is 1. The average molecular weight is 356 g/mol. The Bertz CT molecular complexity index is 939. The van der Waals surface area contributed by atoms with Crippen LogP contribution in [0.25, 0.3) is 17.4 Å². The number of carbonyl (C=O) groups is 1. The van der Waals surface area contributed by atoms with E-state index in [0.717, 1.165) is 5.56 Å². The van der Waals surface area contributed by atoms with Gasteiger partial charge in [-0.1, -0.05) is 23.7 Å². The highest BCUT2D eigenvalue weighted by molar-refractivity contribution is 7.13. The van der Waals surface area contributed by atoms with Crippen LogP contribution in [-0.4, -0.2) is 10.9 Å². The zero-order valence-corrected chi connectivity index (χ0v) is 13.8. The molecule has 0 fully saturated rings. The highest BCUT2D eigenvalue weighted by Gasteiger charge is 2.13. The number of nitriles is 1. The lowest BCUT2D eigenvalue weighted by Gasteiger charge is -2.00. The van der Waals surface area contributed by atoms with Crippen LogP contribution >= 0.6 is 22.9 Å². The number of furan rings is 1. The molecule has 7 heteroatoms. The normalized spacial score (nSPS) is 11.1. The van der Waals surface area contributed by atoms with Crippen molar-refractivity contribution in [2.24, 2.45) is 0 Å². The van der Waals surface area contributed by atoms with Gasteiger partial charge >= 0.3 is 0 Å². The molecule has 1 N–H and O–H groups in total. The molecule has 1 aromatic carbocycles. The highest BCUT2D eigenvalue weighted by Crippen LogP contribution is 2.29. The van der Waals surface area contributed by atoms with Crippen molar-refractivity contribution >= 4 is 40.1 Å². The van der Waals surface area contributed by atoms with Gasteiger partial charge in [-0.25, -0.2) is 4.98 Å². The van der Waals surface area contributed by atoms with E-state index >= 15 is 0 Å². The van der Waals surface area contributed by atoms with Crippen molar-refractivity contribution in [3.8, 4) is 17.4 Å². The minimum Gasteiger partial charge on any atom is -0.457 e. The van der Waals surface area contributed by atoms with Crippen LogP contribution in [0.15, 0.2) is 58.0 Å². The predicted octanol–water partition coefficient (Wildman–Crippen LogP) is 4.60. The number of hydrogen-bond acceptors (Lipinski definition) is 5. The maximum Gasteiger partial charge on any atom is 0.268 e. The molecule has 1 amide bonds. The van der Waals surface area contributed by atoms with Crippen molar-refractivity contribution in [3.05, 3.63) is 64.3 Å². The zero-order chi connectivity index (χ0) is 16.9. The summed E-state index contributed by atoms with van der Waals surface area (Å²) < 4.78 is 5.66. The Balaban J connectivity index is 1.83. The number of thiazole rings is 1. The second-order valence-electron chi connectivity index (χ2n) is 4.64. The number of hydrogen-bond donors (Lipinski definition) is 1. The van der Waals surface area contributed by atoms with E-state index in [1.807, 2.05) is 24.3 Å². The summed E-state index contributed by atoms with van der Waals surface area (Å²) in [6.45, 7) is 0. The van der Waals surface area contributed by atoms with Crippen molar-refractivity contribution in [2.75, 3.05) is 5.32 Å². The molecule has 0 aliphatic rings. The van der Waals surface area contributed by atoms with Gasteiger partial charge < -0.3 is 4.42 Å². The molecule has 2 heterocycles. The number of carbonyl (C=O) groups excluding carboxylic acids is 1. The molecule has 0 bridgehead atoms. The third-order valence-electron chi connectivity index (χ3n) is 3.07. The lowest BCUT2D eigenvalue weighted by molar-refractivity contribution is -0.112. The zero-order valence-electron chi connectivity index (χ0n) is 12.2. The van der Waals surface area contributed by atoms with Gasteiger partial charge in [0.25, 0.3) is 5.91 Å². The number of rotatable bonds is 4. The smallest absolute Gasteiger partial charge is 0.268 e. The van der Waals surface area contributed by atoms with E-state index in [9.17, 15) is 10.1 Å². The fourth-order valence-corrected chi connectivity index (χ4v) is 2.73. The van der Waals surface area contributed by atoms with Crippen LogP contribution in [0.3, 0.4) is 0 Å². The molecule has 3 aromatic rings. The van der Waals surface area contributed by atoms with Crippen LogP contribution in [0.5, 0.6) is 0 Å². The van der Waals surface area contributed by atoms with Gasteiger partial charge in [-0.05, 0) is 24.3 Å². The standard InChI is InChI=1S/C17H10ClN3O2S/c18-14-4-2-1-3-13(14)15-6-5-12(23-15)9-11(10-19)16(22)21-17-20-7-8-24-17/h1-9H,(H,20,21,22). The largest absolute Gasteiger partial charge is 0.457 e. The molecular weight excluding hydrogens is 346 g/mol. The number of benzene rings is 1. The first-order chi connectivity index (χ1) is 11.7. The summed E-state index contributed by atoms with van der Waals surface area (Å²) in [6.07, 6.45) is 2.95. The monoisotopic (exact) mass is 355 g/mol. The van der Waals surface area contributed by atoms with Gasteiger partial charge in [0.1, 0.15) is 23.2 Å². The van der Waals surface area contributed by atoms with Crippen molar-refractivity contribution in [2.45, 2.75) is 0 Å². The van der Waals surface area contributed by atoms with Crippen molar-refractivity contribution in [1.82, 2.24) is 4.98 Å². The minimum absolute atomic E-state index is 0.0785. The first-order valence-electron chi connectivity index (χ1n) is 6.85. The van der Waals surface area contributed by atoms with Gasteiger partial charge in [0.15, 0.2) is 5.13 Å². The molecule has 0 aliphatic heterocycles. The maximum atomic E-state index is 12.1. The Labute approximate surface area is 146 Å². The maximum absolute atomic E-state index is 12.1. The van der Waals surface area contributed by atoms with E-state index in [-0.39, 0.29) is 5.57 Å². The fourth-order valence-electron chi connectivity index (χ4n) is 1.98. The summed E-state index contributed by atoms with van der Waals surface area (Å²) in [4.78, 5) is 16.0. The first kappa shape index (κ1) is 16.0. The van der Waals surface area contributed by atoms with Crippen molar-refractivity contribution in [3.63, 3.8) is 0 Å². The Morgan fingerprint density at radius 1 is 1.33 bits per heavy atom. The molecule has 5 nitrogen and oxygen atoms in total. The van der Waals surface area contributed by atoms with E-state index in [1.54, 1.807) is 29.8 Å². The van der Waals surface area contributed by atoms with Crippen LogP contribution in [-0.2, 0) is 4.79 Å². The van der Waals surface area contributed by atoms with Crippen molar-refractivity contribution in [1.29, 1.82) is 5.26 Å². The van der Waals surface area contributed by atoms with Gasteiger partial charge in [0.05, 0.1) is 5.02 Å². The number of aromatic nitrogens is 1. The number of nitrogens with zero attached hydrogens (tertiary/aromatic N) is 2. The molecule has 0 saturated heterocycles. The van der Waals surface area contributed by atoms with Gasteiger partial charge in [-0.2, -0.15) is 5.26 Å². The van der Waals surface area contributed by atoms with Crippen LogP contribution < -0.4 is 5.32 Å². The van der Waals surface area contributed by atoms with Gasteiger partial charge in [0, 0.05) is 23.2 Å². The quantitative estimate of drug-likeness (QED) is 0.547. The molecule has 0 radical (unpaired) electrons. The van der Waals surface area contributed by atoms with Gasteiger partial charge in [0.2, 0.25) is 0 Å². The summed E-state index contributed by atoms with van der Waals surface area (Å²) in [7, 11) is 0. The van der Waals surface area contributed by atoms with Crippen LogP contribution in [0.2, 0.25) is 5.02 Å². The first-order valence-corrected chi connectivity index (χ1v) is 8.10. The number of nitrogens with one attached hydrogen (secondary N) is 1. The van der Waals surface area contributed by atoms with Gasteiger partial charge in [-0.15, -0.1) is 11.3 Å². The minimum atomic E-state index is -0.539. The Kier molecular flexibility index (Phi) is 4.75. The molecule has 0 atom stereocenters. The summed E-state index contributed by atoms with van der Waals surface area (Å²) in [5, 5.41) is 14.5. The highest BCUT2D eigenvalue weighted by atomic mass is 35.5. The summed E-state index contributed by atoms with van der Waals surface area (Å²) in [5.74, 6) is 0.406. The van der Waals surface area contributed by atoms with Crippen LogP contribution in [0.1, 0.15) is 5.76 Å². The van der Waals surface area contributed by atoms with Crippen LogP contribution in [0.4, 0.5) is 5.13 Å². The molecule has 0 spiro atoms. The molecular formula is C17H10ClN3O2S. The predicted molar refractivity (Wildman–Crippen MR) is 93.5 cm³/mol. The second kappa shape index (κ2) is 7.13. The van der Waals surface area contributed by atoms with E-state index in [4.69, 9.17) is 16.0 Å². The van der Waals surface area contributed by atoms with E-state index in [1.165, 1.54) is 17.4 Å². The third-order valence-corrected chi connectivity index (χ3v) is 4.09. The third kappa shape index (κ3) is 3.54. The SMILES string of the molecule is N#CC(=Cc1ccc(-c2ccccc2Cl)o1)C(=O)Nc1nccs1. The number of anilines is 1. The Morgan fingerprint density at radius 2 is 2.17 bits per heavy atom. The van der Waals surface area contributed by atoms with E-state index < -0.39 is 5.91 Å². The topological polar surface area (TPSA) is 78.9 Å². The molecule has 3 rings (SSSR count). The molecule has 0 aliphatic carbocycles. The van der Waals surface area contributed by atoms with E-state index in [0.29, 0.717) is 21.7 Å². The molecule has 2 aromatic heterocycles. The molecule has 118 valence electrons. The van der Waals surface area contributed by atoms with Crippen LogP contribution in [0, 0.1) is 11.3 Å². The van der Waals surface area contributed by atoms with Crippen molar-refractivity contribution < 1.29 is 9.21 Å². The lowest BCUT2D eigenvalue weighted by Crippen LogP contribution is -2.13. The number of amides is 1. The Morgan fingerprint density at radius 3 is 2.88 bits per heavy atom. The molecule has 0 saturated carbocycles. The Hall–Kier alpha value is -2.88. The summed E-state index contributed by atoms with van der Waals surface area (Å²) in [5.41, 5.74) is 0.662.